The van der Waals surface area contributed by atoms with Gasteiger partial charge in [-0.15, -0.1) is 0 Å². The number of alkyl halides is 3. The van der Waals surface area contributed by atoms with Crippen molar-refractivity contribution in [1.82, 2.24) is 24.3 Å². The summed E-state index contributed by atoms with van der Waals surface area (Å²) >= 11 is 0. The van der Waals surface area contributed by atoms with Crippen LogP contribution in [0.15, 0.2) is 48.9 Å². The van der Waals surface area contributed by atoms with E-state index in [9.17, 15) is 18.0 Å². The topological polar surface area (TPSA) is 104 Å². The number of piperazine rings is 1. The van der Waals surface area contributed by atoms with E-state index in [4.69, 9.17) is 5.73 Å². The number of rotatable bonds is 6. The first kappa shape index (κ1) is 27.9. The number of urea groups is 1. The Morgan fingerprint density at radius 1 is 1.02 bits per heavy atom. The van der Waals surface area contributed by atoms with Gasteiger partial charge in [-0.2, -0.15) is 13.2 Å². The molecule has 1 saturated heterocycles. The van der Waals surface area contributed by atoms with Gasteiger partial charge in [0, 0.05) is 50.5 Å². The number of hydrogen-bond acceptors (Lipinski definition) is 6. The van der Waals surface area contributed by atoms with Crippen molar-refractivity contribution in [1.29, 1.82) is 0 Å². The molecule has 1 aliphatic heterocycles. The number of nitrogens with zero attached hydrogens (tertiary/aromatic N) is 5. The summed E-state index contributed by atoms with van der Waals surface area (Å²) in [6.45, 7) is 3.58. The van der Waals surface area contributed by atoms with Gasteiger partial charge in [-0.05, 0) is 55.3 Å². The fraction of sp³-hybridized carbons (Fsp3) is 0.345. The number of nitrogen functional groups attached to an aromatic ring is 1. The van der Waals surface area contributed by atoms with Gasteiger partial charge >= 0.3 is 12.2 Å². The van der Waals surface area contributed by atoms with Crippen molar-refractivity contribution in [2.75, 3.05) is 49.6 Å². The summed E-state index contributed by atoms with van der Waals surface area (Å²) in [6.07, 6.45) is 0.577. The lowest BCUT2D eigenvalue weighted by molar-refractivity contribution is -0.137. The summed E-state index contributed by atoms with van der Waals surface area (Å²) in [5.74, 6) is -0.490. The zero-order chi connectivity index (χ0) is 29.6. The minimum absolute atomic E-state index is 0.188. The van der Waals surface area contributed by atoms with Gasteiger partial charge in [-0.3, -0.25) is 4.90 Å². The average Bonchev–Trinajstić information content (AvgIpc) is 3.71. The number of halogens is 4. The van der Waals surface area contributed by atoms with Crippen molar-refractivity contribution < 1.29 is 22.4 Å². The molecule has 3 heterocycles. The lowest BCUT2D eigenvalue weighted by Gasteiger charge is -2.32. The molecule has 2 aromatic carbocycles. The van der Waals surface area contributed by atoms with Gasteiger partial charge in [-0.25, -0.2) is 19.2 Å². The molecule has 2 aromatic heterocycles. The van der Waals surface area contributed by atoms with Crippen molar-refractivity contribution in [2.24, 2.45) is 0 Å². The number of likely N-dealkylation sites (N-methyl/N-ethyl adjacent to an activating group) is 1. The molecule has 0 radical (unpaired) electrons. The second-order valence-electron chi connectivity index (χ2n) is 10.9. The number of fused-ring (bicyclic) bond motifs is 1. The molecule has 4 aromatic rings. The Morgan fingerprint density at radius 2 is 1.74 bits per heavy atom. The summed E-state index contributed by atoms with van der Waals surface area (Å²) in [6, 6.07) is 7.34. The summed E-state index contributed by atoms with van der Waals surface area (Å²) in [7, 11) is 2.01. The predicted octanol–water partition coefficient (Wildman–Crippen LogP) is 5.56. The molecule has 0 bridgehead atoms. The fourth-order valence-corrected chi connectivity index (χ4v) is 5.32. The van der Waals surface area contributed by atoms with E-state index in [-0.39, 0.29) is 11.5 Å². The molecular weight excluding hydrogens is 552 g/mol. The molecule has 2 amide bonds. The van der Waals surface area contributed by atoms with Crippen LogP contribution in [-0.2, 0) is 12.7 Å². The summed E-state index contributed by atoms with van der Waals surface area (Å²) in [5, 5.41) is 5.17. The van der Waals surface area contributed by atoms with Crippen LogP contribution in [-0.4, -0.2) is 63.6 Å². The molecule has 2 fully saturated rings. The Kier molecular flexibility index (Phi) is 7.23. The molecule has 1 saturated carbocycles. The molecule has 2 aliphatic rings. The third-order valence-corrected chi connectivity index (χ3v) is 7.75. The van der Waals surface area contributed by atoms with E-state index in [1.165, 1.54) is 24.5 Å². The van der Waals surface area contributed by atoms with Gasteiger partial charge in [0.15, 0.2) is 0 Å². The number of benzene rings is 2. The Bertz CT molecular complexity index is 1640. The predicted molar refractivity (Wildman–Crippen MR) is 152 cm³/mol. The number of nitrogens with two attached hydrogens (primary N) is 1. The van der Waals surface area contributed by atoms with Gasteiger partial charge in [0.2, 0.25) is 0 Å². The van der Waals surface area contributed by atoms with Crippen LogP contribution in [0.2, 0.25) is 0 Å². The molecule has 4 N–H and O–H groups in total. The van der Waals surface area contributed by atoms with Crippen LogP contribution < -0.4 is 16.4 Å². The number of carbonyl (C=O) groups is 1. The Balaban J connectivity index is 1.19. The van der Waals surface area contributed by atoms with E-state index in [1.807, 2.05) is 17.8 Å². The SMILES string of the molecule is CN1CCN(Cc2ccc(NC(=O)Nc3ccc(-c4cn(C5CC5)c5ncnc(N)c45)cc3F)c(C(F)(F)F)c2)CC1. The first-order valence-corrected chi connectivity index (χ1v) is 13.7. The van der Waals surface area contributed by atoms with E-state index in [1.54, 1.807) is 12.1 Å². The Hall–Kier alpha value is -4.23. The maximum absolute atomic E-state index is 15.2. The van der Waals surface area contributed by atoms with Crippen molar-refractivity contribution in [3.63, 3.8) is 0 Å². The van der Waals surface area contributed by atoms with Gasteiger partial charge in [0.05, 0.1) is 22.3 Å². The highest BCUT2D eigenvalue weighted by Crippen LogP contribution is 2.42. The van der Waals surface area contributed by atoms with Crippen LogP contribution >= 0.6 is 0 Å². The molecule has 220 valence electrons. The number of amides is 2. The largest absolute Gasteiger partial charge is 0.418 e. The van der Waals surface area contributed by atoms with Crippen molar-refractivity contribution in [3.8, 4) is 11.1 Å². The lowest BCUT2D eigenvalue weighted by atomic mass is 10.1. The van der Waals surface area contributed by atoms with Crippen LogP contribution in [0.3, 0.4) is 0 Å². The van der Waals surface area contributed by atoms with E-state index in [0.717, 1.165) is 45.1 Å². The molecule has 6 rings (SSSR count). The van der Waals surface area contributed by atoms with Crippen LogP contribution in [0.4, 0.5) is 39.5 Å². The van der Waals surface area contributed by atoms with Crippen molar-refractivity contribution in [3.05, 3.63) is 65.9 Å². The summed E-state index contributed by atoms with van der Waals surface area (Å²) in [5.41, 5.74) is 6.87. The summed E-state index contributed by atoms with van der Waals surface area (Å²) in [4.78, 5) is 25.4. The normalized spacial score (nSPS) is 16.6. The average molecular weight is 583 g/mol. The molecule has 1 aliphatic carbocycles. The highest BCUT2D eigenvalue weighted by Gasteiger charge is 2.34. The maximum Gasteiger partial charge on any atom is 0.418 e. The number of anilines is 3. The third kappa shape index (κ3) is 5.74. The minimum Gasteiger partial charge on any atom is -0.383 e. The first-order chi connectivity index (χ1) is 20.1. The van der Waals surface area contributed by atoms with Gasteiger partial charge < -0.3 is 25.8 Å². The second kappa shape index (κ2) is 10.9. The van der Waals surface area contributed by atoms with Gasteiger partial charge in [0.25, 0.3) is 0 Å². The molecule has 42 heavy (non-hydrogen) atoms. The summed E-state index contributed by atoms with van der Waals surface area (Å²) < 4.78 is 59.0. The monoisotopic (exact) mass is 582 g/mol. The first-order valence-electron chi connectivity index (χ1n) is 13.7. The molecule has 9 nitrogen and oxygen atoms in total. The number of aromatic nitrogens is 3. The highest BCUT2D eigenvalue weighted by molar-refractivity contribution is 6.02. The smallest absolute Gasteiger partial charge is 0.383 e. The lowest BCUT2D eigenvalue weighted by Crippen LogP contribution is -2.43. The van der Waals surface area contributed by atoms with Crippen LogP contribution in [0.5, 0.6) is 0 Å². The van der Waals surface area contributed by atoms with Crippen LogP contribution in [0.25, 0.3) is 22.2 Å². The fourth-order valence-electron chi connectivity index (χ4n) is 5.32. The zero-order valence-electron chi connectivity index (χ0n) is 22.9. The number of carbonyl (C=O) groups excluding carboxylic acids is 1. The number of hydrogen-bond donors (Lipinski definition) is 3. The van der Waals surface area contributed by atoms with E-state index in [0.29, 0.717) is 40.3 Å². The van der Waals surface area contributed by atoms with Crippen LogP contribution in [0.1, 0.15) is 30.0 Å². The maximum atomic E-state index is 15.2. The molecule has 13 heteroatoms. The Morgan fingerprint density at radius 3 is 2.43 bits per heavy atom. The standard InChI is InChI=1S/C29H30F4N8O/c1-39-8-10-40(11-9-39)14-17-2-6-23(21(12-17)29(31,32)33)37-28(42)38-24-7-3-18(13-22(24)30)20-15-41(19-4-5-19)27-25(20)26(34)35-16-36-27/h2-3,6-7,12-13,15-16,19H,4-5,8-11,14H2,1H3,(H2,34,35,36)(H2,37,38,42). The quantitative estimate of drug-likeness (QED) is 0.257. The van der Waals surface area contributed by atoms with Gasteiger partial charge in [-0.1, -0.05) is 12.1 Å². The second-order valence-corrected chi connectivity index (χ2v) is 10.9. The number of nitrogens with one attached hydrogen (secondary N) is 2. The highest BCUT2D eigenvalue weighted by atomic mass is 19.4. The zero-order valence-corrected chi connectivity index (χ0v) is 22.9. The minimum atomic E-state index is -4.70. The molecular formula is C29H30F4N8O. The van der Waals surface area contributed by atoms with E-state index in [2.05, 4.69) is 30.4 Å². The van der Waals surface area contributed by atoms with E-state index >= 15 is 4.39 Å². The molecule has 0 unspecified atom stereocenters. The van der Waals surface area contributed by atoms with Crippen molar-refractivity contribution in [2.45, 2.75) is 31.6 Å². The molecule has 0 spiro atoms. The Labute approximate surface area is 239 Å². The van der Waals surface area contributed by atoms with E-state index < -0.39 is 29.3 Å². The van der Waals surface area contributed by atoms with Crippen LogP contribution in [0, 0.1) is 5.82 Å². The van der Waals surface area contributed by atoms with Crippen molar-refractivity contribution >= 4 is 34.3 Å². The third-order valence-electron chi connectivity index (χ3n) is 7.75. The molecule has 0 atom stereocenters. The van der Waals surface area contributed by atoms with Gasteiger partial charge in [0.1, 0.15) is 23.6 Å².